The van der Waals surface area contributed by atoms with Crippen LogP contribution in [-0.4, -0.2) is 10.9 Å². The number of hydrogen-bond donors (Lipinski definition) is 1. The molecule has 1 N–H and O–H groups in total. The molecular weight excluding hydrogens is 309 g/mol. The molecule has 1 heterocycles. The largest absolute Gasteiger partial charge is 0.444 e. The average molecular weight is 324 g/mol. The molecule has 0 saturated heterocycles. The summed E-state index contributed by atoms with van der Waals surface area (Å²) < 4.78 is 44.2. The Kier molecular flexibility index (Phi) is 3.46. The third kappa shape index (κ3) is 3.23. The first kappa shape index (κ1) is 15.6. The Labute approximate surface area is 130 Å². The number of amides is 1. The van der Waals surface area contributed by atoms with Gasteiger partial charge in [0.15, 0.2) is 12.2 Å². The fraction of sp³-hybridized carbons (Fsp3) is 0.375. The van der Waals surface area contributed by atoms with Crippen molar-refractivity contribution >= 4 is 11.6 Å². The van der Waals surface area contributed by atoms with Crippen LogP contribution in [0.5, 0.6) is 0 Å². The van der Waals surface area contributed by atoms with Crippen LogP contribution >= 0.6 is 0 Å². The maximum atomic E-state index is 13.1. The number of rotatable bonds is 3. The maximum absolute atomic E-state index is 13.1. The number of carbonyl (C=O) groups is 1. The van der Waals surface area contributed by atoms with Gasteiger partial charge in [0.1, 0.15) is 0 Å². The minimum absolute atomic E-state index is 0.0962. The van der Waals surface area contributed by atoms with E-state index in [2.05, 4.69) is 10.3 Å². The van der Waals surface area contributed by atoms with Crippen LogP contribution in [0.1, 0.15) is 25.8 Å². The highest BCUT2D eigenvalue weighted by Gasteiger charge is 2.50. The second-order valence-corrected chi connectivity index (χ2v) is 6.40. The highest BCUT2D eigenvalue weighted by Crippen LogP contribution is 2.52. The van der Waals surface area contributed by atoms with Crippen LogP contribution in [0.4, 0.5) is 18.9 Å². The average Bonchev–Trinajstić information content (AvgIpc) is 2.89. The van der Waals surface area contributed by atoms with Crippen LogP contribution in [0, 0.1) is 11.3 Å². The molecule has 1 atom stereocenters. The number of aromatic nitrogens is 1. The molecule has 0 radical (unpaired) electrons. The Morgan fingerprint density at radius 1 is 1.35 bits per heavy atom. The molecular formula is C16H15F3N2O2. The Bertz CT molecular complexity index is 736. The Morgan fingerprint density at radius 2 is 2.04 bits per heavy atom. The van der Waals surface area contributed by atoms with E-state index in [1.807, 2.05) is 13.8 Å². The van der Waals surface area contributed by atoms with Crippen molar-refractivity contribution in [2.75, 3.05) is 5.32 Å². The van der Waals surface area contributed by atoms with Gasteiger partial charge in [0, 0.05) is 17.2 Å². The molecule has 0 bridgehead atoms. The van der Waals surface area contributed by atoms with E-state index < -0.39 is 11.7 Å². The Hall–Kier alpha value is -2.31. The number of carbonyl (C=O) groups excluding carboxylic acids is 1. The lowest BCUT2D eigenvalue weighted by Crippen LogP contribution is -2.17. The topological polar surface area (TPSA) is 55.1 Å². The molecule has 1 aromatic carbocycles. The number of halogens is 3. The summed E-state index contributed by atoms with van der Waals surface area (Å²) in [6.07, 6.45) is -1.33. The molecule has 4 nitrogen and oxygen atoms in total. The van der Waals surface area contributed by atoms with Crippen molar-refractivity contribution in [2.24, 2.45) is 11.3 Å². The summed E-state index contributed by atoms with van der Waals surface area (Å²) in [6, 6.07) is 3.34. The molecule has 23 heavy (non-hydrogen) atoms. The SMILES string of the molecule is CC1(C)CC1C(=O)Nc1cc(-c2cnco2)cc(C(F)(F)F)c1. The van der Waals surface area contributed by atoms with Gasteiger partial charge in [-0.15, -0.1) is 0 Å². The number of nitrogens with one attached hydrogen (secondary N) is 1. The van der Waals surface area contributed by atoms with Crippen molar-refractivity contribution in [3.05, 3.63) is 36.4 Å². The summed E-state index contributed by atoms with van der Waals surface area (Å²) in [4.78, 5) is 15.8. The minimum Gasteiger partial charge on any atom is -0.444 e. The van der Waals surface area contributed by atoms with Crippen LogP contribution in [0.2, 0.25) is 0 Å². The molecule has 1 saturated carbocycles. The van der Waals surface area contributed by atoms with Crippen LogP contribution < -0.4 is 5.32 Å². The standard InChI is InChI=1S/C16H15F3N2O2/c1-15(2)6-12(15)14(22)21-11-4-9(13-7-20-8-23-13)3-10(5-11)16(17,18)19/h3-5,7-8,12H,6H2,1-2H3,(H,21,22). The monoisotopic (exact) mass is 324 g/mol. The molecule has 1 aliphatic carbocycles. The molecule has 7 heteroatoms. The molecule has 1 amide bonds. The van der Waals surface area contributed by atoms with Gasteiger partial charge in [-0.05, 0) is 30.0 Å². The van der Waals surface area contributed by atoms with Gasteiger partial charge < -0.3 is 9.73 Å². The maximum Gasteiger partial charge on any atom is 0.416 e. The summed E-state index contributed by atoms with van der Waals surface area (Å²) in [6.45, 7) is 3.90. The number of alkyl halides is 3. The lowest BCUT2D eigenvalue weighted by atomic mass is 10.1. The fourth-order valence-corrected chi connectivity index (χ4v) is 2.51. The van der Waals surface area contributed by atoms with Gasteiger partial charge in [-0.25, -0.2) is 4.98 Å². The summed E-state index contributed by atoms with van der Waals surface area (Å²) in [7, 11) is 0. The predicted molar refractivity (Wildman–Crippen MR) is 77.5 cm³/mol. The summed E-state index contributed by atoms with van der Waals surface area (Å²) >= 11 is 0. The number of oxazole rings is 1. The van der Waals surface area contributed by atoms with E-state index in [0.717, 1.165) is 24.9 Å². The summed E-state index contributed by atoms with van der Waals surface area (Å²) in [5.74, 6) is -0.234. The Balaban J connectivity index is 1.93. The number of benzene rings is 1. The Morgan fingerprint density at radius 3 is 2.57 bits per heavy atom. The molecule has 122 valence electrons. The van der Waals surface area contributed by atoms with Gasteiger partial charge >= 0.3 is 6.18 Å². The quantitative estimate of drug-likeness (QED) is 0.913. The molecule has 0 spiro atoms. The van der Waals surface area contributed by atoms with Crippen molar-refractivity contribution in [1.29, 1.82) is 0 Å². The zero-order valence-electron chi connectivity index (χ0n) is 12.6. The van der Waals surface area contributed by atoms with Gasteiger partial charge in [-0.1, -0.05) is 13.8 Å². The van der Waals surface area contributed by atoms with Gasteiger partial charge in [-0.3, -0.25) is 4.79 Å². The van der Waals surface area contributed by atoms with Gasteiger partial charge in [0.2, 0.25) is 5.91 Å². The molecule has 1 aromatic heterocycles. The number of hydrogen-bond acceptors (Lipinski definition) is 3. The first-order chi connectivity index (χ1) is 10.7. The van der Waals surface area contributed by atoms with Crippen molar-refractivity contribution in [3.63, 3.8) is 0 Å². The fourth-order valence-electron chi connectivity index (χ4n) is 2.51. The summed E-state index contributed by atoms with van der Waals surface area (Å²) in [5.41, 5.74) is -0.641. The third-order valence-corrected chi connectivity index (χ3v) is 4.07. The van der Waals surface area contributed by atoms with Crippen LogP contribution in [0.15, 0.2) is 35.2 Å². The molecule has 2 aromatic rings. The van der Waals surface area contributed by atoms with Crippen molar-refractivity contribution < 1.29 is 22.4 Å². The van der Waals surface area contributed by atoms with Gasteiger partial charge in [0.05, 0.1) is 11.8 Å². The highest BCUT2D eigenvalue weighted by molar-refractivity contribution is 5.95. The zero-order chi connectivity index (χ0) is 16.8. The predicted octanol–water partition coefficient (Wildman–Crippen LogP) is 4.35. The number of nitrogens with zero attached hydrogens (tertiary/aromatic N) is 1. The normalized spacial score (nSPS) is 19.4. The van der Waals surface area contributed by atoms with Crippen molar-refractivity contribution in [2.45, 2.75) is 26.4 Å². The van der Waals surface area contributed by atoms with Crippen LogP contribution in [0.3, 0.4) is 0 Å². The van der Waals surface area contributed by atoms with Crippen molar-refractivity contribution in [3.8, 4) is 11.3 Å². The van der Waals surface area contributed by atoms with E-state index in [1.54, 1.807) is 0 Å². The van der Waals surface area contributed by atoms with E-state index in [-0.39, 0.29) is 34.3 Å². The van der Waals surface area contributed by atoms with Gasteiger partial charge in [0.25, 0.3) is 0 Å². The molecule has 0 aliphatic heterocycles. The highest BCUT2D eigenvalue weighted by atomic mass is 19.4. The first-order valence-electron chi connectivity index (χ1n) is 7.09. The zero-order valence-corrected chi connectivity index (χ0v) is 12.6. The van der Waals surface area contributed by atoms with Gasteiger partial charge in [-0.2, -0.15) is 13.2 Å². The van der Waals surface area contributed by atoms with Crippen LogP contribution in [-0.2, 0) is 11.0 Å². The lowest BCUT2D eigenvalue weighted by molar-refractivity contribution is -0.137. The number of anilines is 1. The lowest BCUT2D eigenvalue weighted by Gasteiger charge is -2.12. The second-order valence-electron chi connectivity index (χ2n) is 6.40. The molecule has 1 aliphatic rings. The van der Waals surface area contributed by atoms with E-state index >= 15 is 0 Å². The first-order valence-corrected chi connectivity index (χ1v) is 7.09. The molecule has 1 unspecified atom stereocenters. The van der Waals surface area contributed by atoms with E-state index in [9.17, 15) is 18.0 Å². The van der Waals surface area contributed by atoms with E-state index in [1.165, 1.54) is 12.3 Å². The van der Waals surface area contributed by atoms with Crippen molar-refractivity contribution in [1.82, 2.24) is 4.98 Å². The molecule has 1 fully saturated rings. The second kappa shape index (κ2) is 5.11. The van der Waals surface area contributed by atoms with E-state index in [0.29, 0.717) is 0 Å². The van der Waals surface area contributed by atoms with Crippen LogP contribution in [0.25, 0.3) is 11.3 Å². The summed E-state index contributed by atoms with van der Waals surface area (Å²) in [5, 5.41) is 2.57. The third-order valence-electron chi connectivity index (χ3n) is 4.07. The smallest absolute Gasteiger partial charge is 0.416 e. The molecule has 3 rings (SSSR count). The van der Waals surface area contributed by atoms with E-state index in [4.69, 9.17) is 4.42 Å². The minimum atomic E-state index is -4.52.